The molecule has 2 bridgehead atoms. The quantitative estimate of drug-likeness (QED) is 0.747. The molecule has 1 amide bonds. The summed E-state index contributed by atoms with van der Waals surface area (Å²) < 4.78 is 41.8. The highest BCUT2D eigenvalue weighted by Gasteiger charge is 2.43. The van der Waals surface area contributed by atoms with Gasteiger partial charge in [0, 0.05) is 37.8 Å². The molecule has 1 aliphatic carbocycles. The van der Waals surface area contributed by atoms with Gasteiger partial charge in [-0.2, -0.15) is 0 Å². The van der Waals surface area contributed by atoms with Gasteiger partial charge in [-0.3, -0.25) is 9.69 Å². The molecule has 6 nitrogen and oxygen atoms in total. The van der Waals surface area contributed by atoms with Crippen molar-refractivity contribution in [2.24, 2.45) is 0 Å². The smallest absolute Gasteiger partial charge is 0.260 e. The molecule has 1 aromatic rings. The highest BCUT2D eigenvalue weighted by Crippen LogP contribution is 2.40. The van der Waals surface area contributed by atoms with Crippen LogP contribution in [0.2, 0.25) is 0 Å². The number of carbonyl (C=O) groups excluding carboxylic acids is 1. The Balaban J connectivity index is 1.35. The second kappa shape index (κ2) is 9.47. The van der Waals surface area contributed by atoms with Gasteiger partial charge in [-0.1, -0.05) is 6.07 Å². The minimum absolute atomic E-state index is 0.0209. The minimum Gasteiger partial charge on any atom is -0.483 e. The Kier molecular flexibility index (Phi) is 6.60. The second-order valence-electron chi connectivity index (χ2n) is 10.4. The molecule has 2 atom stereocenters. The van der Waals surface area contributed by atoms with Gasteiger partial charge in [-0.25, -0.2) is 8.78 Å². The lowest BCUT2D eigenvalue weighted by Crippen LogP contribution is -2.65. The molecule has 0 unspecified atom stereocenters. The predicted octanol–water partition coefficient (Wildman–Crippen LogP) is 2.86. The Morgan fingerprint density at radius 1 is 1.18 bits per heavy atom. The normalized spacial score (nSPS) is 32.5. The van der Waals surface area contributed by atoms with Crippen LogP contribution in [0, 0.1) is 5.82 Å². The summed E-state index contributed by atoms with van der Waals surface area (Å²) in [5.74, 6) is 0.162. The lowest BCUT2D eigenvalue weighted by molar-refractivity contribution is -0.141. The van der Waals surface area contributed by atoms with Crippen molar-refractivity contribution in [3.05, 3.63) is 29.6 Å². The van der Waals surface area contributed by atoms with Gasteiger partial charge in [-0.05, 0) is 63.6 Å². The molecule has 6 rings (SSSR count). The number of benzene rings is 1. The minimum atomic E-state index is -1.21. The summed E-state index contributed by atoms with van der Waals surface area (Å²) in [4.78, 5) is 17.0. The Bertz CT molecular complexity index is 855. The topological polar surface area (TPSA) is 54.0 Å². The molecule has 4 heterocycles. The fraction of sp³-hybridized carbons (Fsp3) is 0.720. The predicted molar refractivity (Wildman–Crippen MR) is 121 cm³/mol. The molecule has 182 valence electrons. The molecule has 3 fully saturated rings. The highest BCUT2D eigenvalue weighted by atomic mass is 19.1. The van der Waals surface area contributed by atoms with Crippen LogP contribution in [-0.2, 0) is 9.53 Å². The van der Waals surface area contributed by atoms with Crippen molar-refractivity contribution in [1.82, 2.24) is 15.1 Å². The molecule has 2 saturated heterocycles. The second-order valence-corrected chi connectivity index (χ2v) is 10.4. The summed E-state index contributed by atoms with van der Waals surface area (Å²) in [6, 6.07) is 4.69. The van der Waals surface area contributed by atoms with Gasteiger partial charge >= 0.3 is 0 Å². The maximum Gasteiger partial charge on any atom is 0.260 e. The number of nitrogens with one attached hydrogen (secondary N) is 1. The number of carbonyl (C=O) groups is 1. The summed E-state index contributed by atoms with van der Waals surface area (Å²) in [7, 11) is 1.92. The first-order valence-corrected chi connectivity index (χ1v) is 12.3. The molecular formula is C25H35F2N3O3. The molecule has 1 saturated carbocycles. The van der Waals surface area contributed by atoms with Crippen molar-refractivity contribution in [2.75, 3.05) is 46.4 Å². The van der Waals surface area contributed by atoms with Gasteiger partial charge in [0.25, 0.3) is 5.91 Å². The fourth-order valence-corrected chi connectivity index (χ4v) is 6.17. The van der Waals surface area contributed by atoms with Gasteiger partial charge in [0.2, 0.25) is 0 Å². The van der Waals surface area contributed by atoms with E-state index in [1.165, 1.54) is 6.07 Å². The number of alkyl halides is 1. The number of nitrogens with zero attached hydrogens (tertiary/aromatic N) is 2. The number of hydrogen-bond acceptors (Lipinski definition) is 5. The first-order chi connectivity index (χ1) is 15.9. The number of likely N-dealkylation sites (tertiary alicyclic amines) is 1. The Morgan fingerprint density at radius 3 is 2.73 bits per heavy atom. The standard InChI is InChI=1S/C25H35F2N3O3/c1-29-15-25(27,16-29)14-28-20-5-3-11-30-21(20)12-32-18-9-7-17(8-10-18)24-19(26)4-2-6-22(24)33-13-23(30)31/h2,4,6,17-18,20-21,28H,3,5,7-16H2,1H3/t17?,18?,20-,21-/m0/s1. The zero-order valence-corrected chi connectivity index (χ0v) is 19.4. The van der Waals surface area contributed by atoms with E-state index in [1.807, 2.05) is 16.8 Å². The molecular weight excluding hydrogens is 428 g/mol. The van der Waals surface area contributed by atoms with Gasteiger partial charge in [0.15, 0.2) is 6.61 Å². The van der Waals surface area contributed by atoms with Crippen LogP contribution in [0.4, 0.5) is 8.78 Å². The zero-order chi connectivity index (χ0) is 23.0. The fourth-order valence-electron chi connectivity index (χ4n) is 6.17. The van der Waals surface area contributed by atoms with Crippen LogP contribution in [0.5, 0.6) is 5.75 Å². The monoisotopic (exact) mass is 463 g/mol. The third-order valence-corrected chi connectivity index (χ3v) is 7.84. The largest absolute Gasteiger partial charge is 0.483 e. The number of ether oxygens (including phenoxy) is 2. The van der Waals surface area contributed by atoms with E-state index < -0.39 is 5.67 Å². The lowest BCUT2D eigenvalue weighted by Gasteiger charge is -2.46. The Labute approximate surface area is 194 Å². The molecule has 33 heavy (non-hydrogen) atoms. The van der Waals surface area contributed by atoms with Crippen LogP contribution in [0.25, 0.3) is 0 Å². The average Bonchev–Trinajstić information content (AvgIpc) is 2.80. The van der Waals surface area contributed by atoms with Gasteiger partial charge < -0.3 is 19.7 Å². The molecule has 8 heteroatoms. The summed E-state index contributed by atoms with van der Waals surface area (Å²) in [5, 5.41) is 3.43. The highest BCUT2D eigenvalue weighted by molar-refractivity contribution is 5.78. The molecule has 1 N–H and O–H groups in total. The van der Waals surface area contributed by atoms with Crippen LogP contribution in [-0.4, -0.2) is 86.0 Å². The van der Waals surface area contributed by atoms with Crippen molar-refractivity contribution < 1.29 is 23.0 Å². The third kappa shape index (κ3) is 4.88. The van der Waals surface area contributed by atoms with E-state index in [0.29, 0.717) is 37.6 Å². The van der Waals surface area contributed by atoms with E-state index in [-0.39, 0.29) is 49.0 Å². The summed E-state index contributed by atoms with van der Waals surface area (Å²) in [5.41, 5.74) is -0.614. The molecule has 0 aromatic heterocycles. The van der Waals surface area contributed by atoms with Crippen molar-refractivity contribution in [3.63, 3.8) is 0 Å². The number of hydrogen-bond donors (Lipinski definition) is 1. The van der Waals surface area contributed by atoms with Crippen molar-refractivity contribution in [2.45, 2.75) is 68.3 Å². The van der Waals surface area contributed by atoms with Crippen LogP contribution in [0.15, 0.2) is 18.2 Å². The third-order valence-electron chi connectivity index (χ3n) is 7.84. The number of rotatable bonds is 3. The number of fused-ring (bicyclic) bond motifs is 5. The molecule has 4 aliphatic heterocycles. The number of halogens is 2. The lowest BCUT2D eigenvalue weighted by atomic mass is 9.82. The van der Waals surface area contributed by atoms with E-state index in [2.05, 4.69) is 5.32 Å². The van der Waals surface area contributed by atoms with E-state index in [1.54, 1.807) is 12.1 Å². The van der Waals surface area contributed by atoms with Gasteiger partial charge in [0.05, 0.1) is 18.8 Å². The zero-order valence-electron chi connectivity index (χ0n) is 19.4. The first-order valence-electron chi connectivity index (χ1n) is 12.3. The van der Waals surface area contributed by atoms with Crippen LogP contribution >= 0.6 is 0 Å². The first kappa shape index (κ1) is 23.0. The van der Waals surface area contributed by atoms with Crippen LogP contribution in [0.1, 0.15) is 50.0 Å². The Morgan fingerprint density at radius 2 is 1.97 bits per heavy atom. The molecule has 0 spiro atoms. The maximum atomic E-state index is 14.8. The number of amides is 1. The van der Waals surface area contributed by atoms with Crippen LogP contribution < -0.4 is 10.1 Å². The van der Waals surface area contributed by atoms with Crippen molar-refractivity contribution >= 4 is 5.91 Å². The average molecular weight is 464 g/mol. The summed E-state index contributed by atoms with van der Waals surface area (Å²) >= 11 is 0. The van der Waals surface area contributed by atoms with Crippen LogP contribution in [0.3, 0.4) is 0 Å². The molecule has 1 aromatic carbocycles. The van der Waals surface area contributed by atoms with E-state index in [0.717, 1.165) is 38.5 Å². The van der Waals surface area contributed by atoms with Gasteiger partial charge in [-0.15, -0.1) is 0 Å². The SMILES string of the molecule is CN1CC(F)(CN[C@H]2CCCN3C(=O)COc4cccc(F)c4C4CCC(CC4)OC[C@@H]23)C1. The maximum absolute atomic E-state index is 14.8. The molecule has 5 aliphatic rings. The number of piperidine rings is 1. The summed E-state index contributed by atoms with van der Waals surface area (Å²) in [6.45, 7) is 2.08. The summed E-state index contributed by atoms with van der Waals surface area (Å²) in [6.07, 6.45) is 5.22. The molecule has 0 radical (unpaired) electrons. The van der Waals surface area contributed by atoms with E-state index in [9.17, 15) is 13.6 Å². The van der Waals surface area contributed by atoms with E-state index >= 15 is 0 Å². The Hall–Kier alpha value is -1.77. The van der Waals surface area contributed by atoms with Gasteiger partial charge in [0.1, 0.15) is 17.2 Å². The van der Waals surface area contributed by atoms with Crippen molar-refractivity contribution in [3.8, 4) is 5.75 Å². The van der Waals surface area contributed by atoms with Crippen molar-refractivity contribution in [1.29, 1.82) is 0 Å². The van der Waals surface area contributed by atoms with E-state index in [4.69, 9.17) is 9.47 Å².